The number of thioether (sulfide) groups is 1. The molecule has 1 heterocycles. The van der Waals surface area contributed by atoms with Gasteiger partial charge in [0.1, 0.15) is 4.34 Å². The number of thiazole rings is 1. The van der Waals surface area contributed by atoms with Crippen LogP contribution in [0.1, 0.15) is 37.9 Å². The van der Waals surface area contributed by atoms with E-state index in [2.05, 4.69) is 17.3 Å². The standard InChI is InChI=1S/C17H25N3O3S3/c1-3-4-5-16(21)14-6-8-15(9-7-14)20(26(2,22)23)19-11-13-25-17-18-10-12-24-17/h6-10,12,16,19,21H,3-5,11,13H2,1-2H3. The lowest BCUT2D eigenvalue weighted by Gasteiger charge is -2.23. The number of aliphatic hydroxyl groups excluding tert-OH is 1. The minimum Gasteiger partial charge on any atom is -0.388 e. The van der Waals surface area contributed by atoms with Gasteiger partial charge < -0.3 is 5.11 Å². The molecule has 2 aromatic rings. The van der Waals surface area contributed by atoms with Crippen LogP contribution in [0.5, 0.6) is 0 Å². The van der Waals surface area contributed by atoms with Gasteiger partial charge in [-0.05, 0) is 24.1 Å². The van der Waals surface area contributed by atoms with Gasteiger partial charge in [0.05, 0.1) is 18.0 Å². The molecule has 0 saturated heterocycles. The van der Waals surface area contributed by atoms with Gasteiger partial charge in [0.2, 0.25) is 10.0 Å². The van der Waals surface area contributed by atoms with Crippen molar-refractivity contribution in [2.45, 2.75) is 36.6 Å². The Labute approximate surface area is 163 Å². The molecule has 6 nitrogen and oxygen atoms in total. The molecule has 1 aromatic carbocycles. The Morgan fingerprint density at radius 3 is 2.65 bits per heavy atom. The Kier molecular flexibility index (Phi) is 8.36. The Morgan fingerprint density at radius 1 is 1.35 bits per heavy atom. The van der Waals surface area contributed by atoms with Gasteiger partial charge in [0.25, 0.3) is 0 Å². The first-order chi connectivity index (χ1) is 12.4. The second-order valence-corrected chi connectivity index (χ2v) is 9.90. The molecule has 0 aliphatic carbocycles. The summed E-state index contributed by atoms with van der Waals surface area (Å²) in [5.74, 6) is 0.702. The molecule has 144 valence electrons. The van der Waals surface area contributed by atoms with E-state index in [0.717, 1.165) is 29.0 Å². The van der Waals surface area contributed by atoms with Gasteiger partial charge in [-0.2, -0.15) is 0 Å². The van der Waals surface area contributed by atoms with E-state index >= 15 is 0 Å². The summed E-state index contributed by atoms with van der Waals surface area (Å²) in [4.78, 5) is 4.19. The van der Waals surface area contributed by atoms with Gasteiger partial charge >= 0.3 is 0 Å². The summed E-state index contributed by atoms with van der Waals surface area (Å²) in [6.07, 6.45) is 5.09. The van der Waals surface area contributed by atoms with Gasteiger partial charge in [-0.3, -0.25) is 0 Å². The monoisotopic (exact) mass is 415 g/mol. The first-order valence-corrected chi connectivity index (χ1v) is 12.2. The first-order valence-electron chi connectivity index (χ1n) is 8.46. The summed E-state index contributed by atoms with van der Waals surface area (Å²) in [5.41, 5.74) is 4.29. The molecule has 26 heavy (non-hydrogen) atoms. The van der Waals surface area contributed by atoms with Gasteiger partial charge in [0, 0.05) is 23.9 Å². The molecule has 0 aliphatic rings. The molecule has 0 fully saturated rings. The number of nitrogens with zero attached hydrogens (tertiary/aromatic N) is 2. The molecule has 0 aliphatic heterocycles. The fourth-order valence-electron chi connectivity index (χ4n) is 2.36. The predicted molar refractivity (Wildman–Crippen MR) is 109 cm³/mol. The Morgan fingerprint density at radius 2 is 2.08 bits per heavy atom. The number of rotatable bonds is 11. The minimum absolute atomic E-state index is 0.484. The minimum atomic E-state index is -3.46. The van der Waals surface area contributed by atoms with E-state index < -0.39 is 16.1 Å². The second-order valence-electron chi connectivity index (χ2n) is 5.83. The molecule has 0 spiro atoms. The number of aromatic nitrogens is 1. The number of hydrogen-bond acceptors (Lipinski definition) is 7. The molecule has 9 heteroatoms. The summed E-state index contributed by atoms with van der Waals surface area (Å²) in [6.45, 7) is 2.57. The number of nitrogens with one attached hydrogen (secondary N) is 1. The van der Waals surface area contributed by atoms with Crippen molar-refractivity contribution in [3.8, 4) is 0 Å². The van der Waals surface area contributed by atoms with Crippen molar-refractivity contribution in [2.75, 3.05) is 23.0 Å². The molecule has 1 atom stereocenters. The van der Waals surface area contributed by atoms with Crippen molar-refractivity contribution in [1.29, 1.82) is 0 Å². The van der Waals surface area contributed by atoms with Crippen molar-refractivity contribution in [1.82, 2.24) is 10.4 Å². The van der Waals surface area contributed by atoms with Crippen LogP contribution in [0.2, 0.25) is 0 Å². The molecule has 2 N–H and O–H groups in total. The predicted octanol–water partition coefficient (Wildman–Crippen LogP) is 3.43. The van der Waals surface area contributed by atoms with Crippen molar-refractivity contribution in [3.05, 3.63) is 41.4 Å². The Bertz CT molecular complexity index is 749. The van der Waals surface area contributed by atoms with Crippen LogP contribution >= 0.6 is 23.1 Å². The summed E-state index contributed by atoms with van der Waals surface area (Å²) in [5, 5.41) is 12.1. The molecule has 1 aromatic heterocycles. The van der Waals surface area contributed by atoms with Crippen LogP contribution in [0.25, 0.3) is 0 Å². The molecular formula is C17H25N3O3S3. The maximum Gasteiger partial charge on any atom is 0.245 e. The van der Waals surface area contributed by atoms with Crippen LogP contribution in [-0.2, 0) is 10.0 Å². The van der Waals surface area contributed by atoms with Crippen LogP contribution in [-0.4, -0.2) is 37.1 Å². The van der Waals surface area contributed by atoms with Gasteiger partial charge in [0.15, 0.2) is 0 Å². The number of unbranched alkanes of at least 4 members (excludes halogenated alkanes) is 1. The molecule has 0 amide bonds. The lowest BCUT2D eigenvalue weighted by molar-refractivity contribution is 0.164. The van der Waals surface area contributed by atoms with E-state index in [0.29, 0.717) is 24.4 Å². The zero-order valence-corrected chi connectivity index (χ0v) is 17.4. The zero-order chi connectivity index (χ0) is 19.0. The summed E-state index contributed by atoms with van der Waals surface area (Å²) >= 11 is 3.14. The third-order valence-corrected chi connectivity index (χ3v) is 6.64. The number of anilines is 1. The summed E-state index contributed by atoms with van der Waals surface area (Å²) < 4.78 is 26.4. The van der Waals surface area contributed by atoms with Crippen molar-refractivity contribution >= 4 is 38.8 Å². The van der Waals surface area contributed by atoms with Crippen LogP contribution in [0.4, 0.5) is 5.69 Å². The quantitative estimate of drug-likeness (QED) is 0.332. The van der Waals surface area contributed by atoms with Gasteiger partial charge in [-0.15, -0.1) is 11.3 Å². The smallest absolute Gasteiger partial charge is 0.245 e. The van der Waals surface area contributed by atoms with Crippen LogP contribution in [0.15, 0.2) is 40.2 Å². The summed E-state index contributed by atoms with van der Waals surface area (Å²) in [6, 6.07) is 6.98. The third-order valence-electron chi connectivity index (χ3n) is 3.67. The second kappa shape index (κ2) is 10.3. The van der Waals surface area contributed by atoms with E-state index in [1.54, 1.807) is 53.6 Å². The molecular weight excluding hydrogens is 390 g/mol. The maximum atomic E-state index is 12.1. The number of hydrazine groups is 1. The third kappa shape index (κ3) is 6.55. The topological polar surface area (TPSA) is 82.5 Å². The van der Waals surface area contributed by atoms with E-state index in [-0.39, 0.29) is 0 Å². The highest BCUT2D eigenvalue weighted by molar-refractivity contribution is 8.01. The van der Waals surface area contributed by atoms with E-state index in [4.69, 9.17) is 0 Å². The molecule has 1 unspecified atom stereocenters. The average Bonchev–Trinajstić information content (AvgIpc) is 3.12. The van der Waals surface area contributed by atoms with Crippen LogP contribution < -0.4 is 9.84 Å². The van der Waals surface area contributed by atoms with Crippen molar-refractivity contribution in [3.63, 3.8) is 0 Å². The van der Waals surface area contributed by atoms with Crippen molar-refractivity contribution < 1.29 is 13.5 Å². The average molecular weight is 416 g/mol. The Balaban J connectivity index is 1.97. The van der Waals surface area contributed by atoms with Gasteiger partial charge in [-0.1, -0.05) is 43.7 Å². The summed E-state index contributed by atoms with van der Waals surface area (Å²) in [7, 11) is -3.46. The van der Waals surface area contributed by atoms with Crippen molar-refractivity contribution in [2.24, 2.45) is 0 Å². The first kappa shape index (κ1) is 21.2. The number of aliphatic hydroxyl groups is 1. The maximum absolute atomic E-state index is 12.1. The highest BCUT2D eigenvalue weighted by atomic mass is 32.2. The van der Waals surface area contributed by atoms with Gasteiger partial charge in [-0.25, -0.2) is 23.2 Å². The Hall–Kier alpha value is -1.13. The number of sulfonamides is 1. The molecule has 2 rings (SSSR count). The highest BCUT2D eigenvalue weighted by Crippen LogP contribution is 2.23. The zero-order valence-electron chi connectivity index (χ0n) is 15.0. The molecule has 0 saturated carbocycles. The number of hydrogen-bond donors (Lipinski definition) is 2. The van der Waals surface area contributed by atoms with Crippen LogP contribution in [0, 0.1) is 0 Å². The van der Waals surface area contributed by atoms with E-state index in [1.165, 1.54) is 4.41 Å². The molecule has 0 radical (unpaired) electrons. The van der Waals surface area contributed by atoms with Crippen LogP contribution in [0.3, 0.4) is 0 Å². The molecule has 0 bridgehead atoms. The fraction of sp³-hybridized carbons (Fsp3) is 0.471. The SMILES string of the molecule is CCCCC(O)c1ccc(N(NCCSc2nccs2)S(C)(=O)=O)cc1. The lowest BCUT2D eigenvalue weighted by atomic mass is 10.0. The normalized spacial score (nSPS) is 12.9. The highest BCUT2D eigenvalue weighted by Gasteiger charge is 2.17. The lowest BCUT2D eigenvalue weighted by Crippen LogP contribution is -2.43. The van der Waals surface area contributed by atoms with E-state index in [9.17, 15) is 13.5 Å². The van der Waals surface area contributed by atoms with E-state index in [1.807, 2.05) is 5.38 Å². The largest absolute Gasteiger partial charge is 0.388 e. The fourth-order valence-corrected chi connectivity index (χ4v) is 4.75. The number of benzene rings is 1.